The van der Waals surface area contributed by atoms with Crippen molar-refractivity contribution in [2.24, 2.45) is 0 Å². The molecule has 2 heteroatoms. The molecule has 0 heterocycles. The number of amides is 1. The minimum absolute atomic E-state index is 0.440. The van der Waals surface area contributed by atoms with Crippen molar-refractivity contribution in [3.05, 3.63) is 12.2 Å². The summed E-state index contributed by atoms with van der Waals surface area (Å²) in [5, 5.41) is 0. The van der Waals surface area contributed by atoms with Crippen molar-refractivity contribution in [3.63, 3.8) is 0 Å². The number of unbranched alkanes of at least 4 members (excludes halogenated alkanes) is 30. The fourth-order valence-electron chi connectivity index (χ4n) is 6.62. The Bertz CT molecular complexity index is 584. The van der Waals surface area contributed by atoms with E-state index >= 15 is 0 Å². The first-order chi connectivity index (χ1) is 22.3. The monoisotopic (exact) mass is 632 g/mol. The Hall–Kier alpha value is -0.790. The zero-order chi connectivity index (χ0) is 32.7. The van der Waals surface area contributed by atoms with E-state index < -0.39 is 0 Å². The van der Waals surface area contributed by atoms with Crippen molar-refractivity contribution in [2.75, 3.05) is 13.1 Å². The van der Waals surface area contributed by atoms with E-state index in [0.29, 0.717) is 5.91 Å². The topological polar surface area (TPSA) is 20.3 Å². The first-order valence-electron chi connectivity index (χ1n) is 21.2. The van der Waals surface area contributed by atoms with Gasteiger partial charge in [-0.1, -0.05) is 206 Å². The van der Waals surface area contributed by atoms with Crippen LogP contribution >= 0.6 is 0 Å². The average Bonchev–Trinajstić information content (AvgIpc) is 3.05. The van der Waals surface area contributed by atoms with E-state index in [9.17, 15) is 4.79 Å². The Balaban J connectivity index is 4.05. The molecule has 0 aliphatic rings. The smallest absolute Gasteiger partial charge is 0.222 e. The van der Waals surface area contributed by atoms with Crippen LogP contribution in [0.25, 0.3) is 0 Å². The fraction of sp³-hybridized carbons (Fsp3) is 0.930. The zero-order valence-electron chi connectivity index (χ0n) is 31.7. The molecule has 1 amide bonds. The molecule has 0 rings (SSSR count). The maximum atomic E-state index is 13.2. The Kier molecular flexibility index (Phi) is 38.7. The van der Waals surface area contributed by atoms with Crippen LogP contribution in [0.2, 0.25) is 0 Å². The lowest BCUT2D eigenvalue weighted by molar-refractivity contribution is -0.131. The van der Waals surface area contributed by atoms with Gasteiger partial charge in [0.15, 0.2) is 0 Å². The van der Waals surface area contributed by atoms with E-state index in [1.54, 1.807) is 0 Å². The molecule has 0 fully saturated rings. The summed E-state index contributed by atoms with van der Waals surface area (Å²) in [6, 6.07) is 0. The lowest BCUT2D eigenvalue weighted by Crippen LogP contribution is -2.32. The van der Waals surface area contributed by atoms with Crippen LogP contribution in [0.4, 0.5) is 0 Å². The van der Waals surface area contributed by atoms with Gasteiger partial charge in [-0.15, -0.1) is 0 Å². The second kappa shape index (κ2) is 39.4. The molecule has 0 saturated carbocycles. The molecule has 0 radical (unpaired) electrons. The summed E-state index contributed by atoms with van der Waals surface area (Å²) in [4.78, 5) is 15.4. The van der Waals surface area contributed by atoms with Gasteiger partial charge in [-0.2, -0.15) is 0 Å². The predicted molar refractivity (Wildman–Crippen MR) is 204 cm³/mol. The van der Waals surface area contributed by atoms with Crippen LogP contribution in [0.3, 0.4) is 0 Å². The number of hydrogen-bond acceptors (Lipinski definition) is 1. The maximum absolute atomic E-state index is 13.2. The van der Waals surface area contributed by atoms with Crippen LogP contribution in [0.1, 0.15) is 245 Å². The molecule has 0 spiro atoms. The fourth-order valence-corrected chi connectivity index (χ4v) is 6.62. The number of carbonyl (C=O) groups is 1. The number of carbonyl (C=O) groups excluding carboxylic acids is 1. The number of allylic oxidation sites excluding steroid dienone is 2. The molecule has 268 valence electrons. The molecule has 0 aliphatic carbocycles. The van der Waals surface area contributed by atoms with Crippen LogP contribution in [0, 0.1) is 0 Å². The van der Waals surface area contributed by atoms with E-state index in [1.807, 2.05) is 0 Å². The highest BCUT2D eigenvalue weighted by Gasteiger charge is 2.12. The SMILES string of the molecule is CCCCCCCCC=CCCCCCCCC(=O)N(CCCCCCCCCCC)CCCCCCCCCCCCCC. The predicted octanol–water partition coefficient (Wildman–Crippen LogP) is 15.1. The third kappa shape index (κ3) is 35.9. The minimum atomic E-state index is 0.440. The second-order valence-electron chi connectivity index (χ2n) is 14.4. The van der Waals surface area contributed by atoms with Gasteiger partial charge in [-0.05, 0) is 44.9 Å². The van der Waals surface area contributed by atoms with Crippen LogP contribution < -0.4 is 0 Å². The van der Waals surface area contributed by atoms with Crippen molar-refractivity contribution in [1.29, 1.82) is 0 Å². The highest BCUT2D eigenvalue weighted by Crippen LogP contribution is 2.15. The first-order valence-corrected chi connectivity index (χ1v) is 21.2. The highest BCUT2D eigenvalue weighted by molar-refractivity contribution is 5.76. The summed E-state index contributed by atoms with van der Waals surface area (Å²) in [6.07, 6.45) is 51.4. The van der Waals surface area contributed by atoms with Gasteiger partial charge in [0.05, 0.1) is 0 Å². The Labute approximate surface area is 285 Å². The van der Waals surface area contributed by atoms with Crippen LogP contribution in [0.15, 0.2) is 12.2 Å². The van der Waals surface area contributed by atoms with E-state index in [2.05, 4.69) is 37.8 Å². The minimum Gasteiger partial charge on any atom is -0.343 e. The summed E-state index contributed by atoms with van der Waals surface area (Å²) in [5.74, 6) is 0.440. The lowest BCUT2D eigenvalue weighted by Gasteiger charge is -2.23. The largest absolute Gasteiger partial charge is 0.343 e. The summed E-state index contributed by atoms with van der Waals surface area (Å²) < 4.78 is 0. The Morgan fingerprint density at radius 3 is 0.956 bits per heavy atom. The molecule has 2 nitrogen and oxygen atoms in total. The molecule has 45 heavy (non-hydrogen) atoms. The molecule has 0 aliphatic heterocycles. The van der Waals surface area contributed by atoms with Gasteiger partial charge in [-0.3, -0.25) is 4.79 Å². The van der Waals surface area contributed by atoms with Gasteiger partial charge in [0.25, 0.3) is 0 Å². The van der Waals surface area contributed by atoms with Crippen molar-refractivity contribution < 1.29 is 4.79 Å². The molecule has 0 unspecified atom stereocenters. The molecular weight excluding hydrogens is 546 g/mol. The zero-order valence-corrected chi connectivity index (χ0v) is 31.7. The van der Waals surface area contributed by atoms with Gasteiger partial charge >= 0.3 is 0 Å². The second-order valence-corrected chi connectivity index (χ2v) is 14.4. The number of hydrogen-bond donors (Lipinski definition) is 0. The summed E-state index contributed by atoms with van der Waals surface area (Å²) in [5.41, 5.74) is 0. The van der Waals surface area contributed by atoms with Gasteiger partial charge in [-0.25, -0.2) is 0 Å². The van der Waals surface area contributed by atoms with E-state index in [0.717, 1.165) is 25.9 Å². The normalized spacial score (nSPS) is 11.6. The van der Waals surface area contributed by atoms with Gasteiger partial charge in [0.1, 0.15) is 0 Å². The molecule has 0 bridgehead atoms. The first kappa shape index (κ1) is 44.2. The summed E-state index contributed by atoms with van der Waals surface area (Å²) in [6.45, 7) is 8.88. The molecule has 0 aromatic rings. The number of nitrogens with zero attached hydrogens (tertiary/aromatic N) is 1. The van der Waals surface area contributed by atoms with Crippen LogP contribution in [-0.2, 0) is 4.79 Å². The van der Waals surface area contributed by atoms with Crippen LogP contribution in [0.5, 0.6) is 0 Å². The van der Waals surface area contributed by atoms with Gasteiger partial charge in [0, 0.05) is 19.5 Å². The van der Waals surface area contributed by atoms with Crippen molar-refractivity contribution in [1.82, 2.24) is 4.90 Å². The quantitative estimate of drug-likeness (QED) is 0.0490. The third-order valence-electron chi connectivity index (χ3n) is 9.82. The summed E-state index contributed by atoms with van der Waals surface area (Å²) >= 11 is 0. The number of rotatable bonds is 38. The van der Waals surface area contributed by atoms with E-state index in [1.165, 1.54) is 212 Å². The molecule has 0 N–H and O–H groups in total. The molecule has 0 aromatic heterocycles. The summed E-state index contributed by atoms with van der Waals surface area (Å²) in [7, 11) is 0. The maximum Gasteiger partial charge on any atom is 0.222 e. The van der Waals surface area contributed by atoms with E-state index in [4.69, 9.17) is 0 Å². The van der Waals surface area contributed by atoms with Crippen LogP contribution in [-0.4, -0.2) is 23.9 Å². The average molecular weight is 632 g/mol. The van der Waals surface area contributed by atoms with Crippen molar-refractivity contribution >= 4 is 5.91 Å². The molecular formula is C43H85NO. The standard InChI is InChI=1S/C43H85NO/c1-4-7-10-13-16-19-21-23-24-25-26-28-31-34-37-40-43(45)44(41-38-35-32-29-18-15-12-9-6-3)42-39-36-33-30-27-22-20-17-14-11-8-5-2/h23-24H,4-22,25-42H2,1-3H3. The van der Waals surface area contributed by atoms with E-state index in [-0.39, 0.29) is 0 Å². The Morgan fingerprint density at radius 1 is 0.356 bits per heavy atom. The highest BCUT2D eigenvalue weighted by atomic mass is 16.2. The third-order valence-corrected chi connectivity index (χ3v) is 9.82. The van der Waals surface area contributed by atoms with Crippen molar-refractivity contribution in [3.8, 4) is 0 Å². The molecule has 0 aromatic carbocycles. The molecule has 0 saturated heterocycles. The van der Waals surface area contributed by atoms with Gasteiger partial charge < -0.3 is 4.90 Å². The molecule has 0 atom stereocenters. The van der Waals surface area contributed by atoms with Gasteiger partial charge in [0.2, 0.25) is 5.91 Å². The lowest BCUT2D eigenvalue weighted by atomic mass is 10.0. The van der Waals surface area contributed by atoms with Crippen molar-refractivity contribution in [2.45, 2.75) is 245 Å². The Morgan fingerprint density at radius 2 is 0.622 bits per heavy atom.